The van der Waals surface area contributed by atoms with Crippen molar-refractivity contribution in [3.63, 3.8) is 0 Å². The molecule has 0 spiro atoms. The summed E-state index contributed by atoms with van der Waals surface area (Å²) in [5.41, 5.74) is 11.0. The second kappa shape index (κ2) is 8.45. The van der Waals surface area contributed by atoms with Gasteiger partial charge in [-0.05, 0) is 35.4 Å². The molecule has 4 nitrogen and oxygen atoms in total. The van der Waals surface area contributed by atoms with Gasteiger partial charge in [0.25, 0.3) is 0 Å². The van der Waals surface area contributed by atoms with Crippen LogP contribution in [0.3, 0.4) is 0 Å². The van der Waals surface area contributed by atoms with E-state index in [9.17, 15) is 0 Å². The van der Waals surface area contributed by atoms with Crippen molar-refractivity contribution in [2.24, 2.45) is 0 Å². The first-order valence-electron chi connectivity index (χ1n) is 13.5. The number of aromatic nitrogens is 3. The first-order valence-corrected chi connectivity index (χ1v) is 13.5. The molecule has 1 aliphatic carbocycles. The number of furan rings is 1. The Balaban J connectivity index is 1.44. The second-order valence-corrected chi connectivity index (χ2v) is 10.9. The number of benzene rings is 4. The Labute approximate surface area is 232 Å². The van der Waals surface area contributed by atoms with E-state index in [0.29, 0.717) is 5.82 Å². The third-order valence-corrected chi connectivity index (χ3v) is 8.16. The van der Waals surface area contributed by atoms with Crippen LogP contribution in [-0.4, -0.2) is 15.0 Å². The minimum absolute atomic E-state index is 0.272. The van der Waals surface area contributed by atoms with Crippen molar-refractivity contribution < 1.29 is 4.42 Å². The second-order valence-electron chi connectivity index (χ2n) is 10.9. The molecule has 3 aromatic heterocycles. The fourth-order valence-corrected chi connectivity index (χ4v) is 6.25. The summed E-state index contributed by atoms with van der Waals surface area (Å²) in [7, 11) is 0. The zero-order valence-electron chi connectivity index (χ0n) is 22.2. The summed E-state index contributed by atoms with van der Waals surface area (Å²) in [4.78, 5) is 14.9. The van der Waals surface area contributed by atoms with Gasteiger partial charge in [-0.25, -0.2) is 9.97 Å². The largest absolute Gasteiger partial charge is 0.455 e. The number of fused-ring (bicyclic) bond motifs is 6. The van der Waals surface area contributed by atoms with Gasteiger partial charge < -0.3 is 4.42 Å². The highest BCUT2D eigenvalue weighted by atomic mass is 16.3. The van der Waals surface area contributed by atoms with Crippen LogP contribution in [-0.2, 0) is 5.41 Å². The number of hydrogen-bond donors (Lipinski definition) is 0. The predicted molar refractivity (Wildman–Crippen MR) is 161 cm³/mol. The standard InChI is InChI=1S/C36H25N3O/c1-36(2)29-17-5-3-14-27(29)32-31(36)33(28-16-8-15-26-25-13-4-6-18-30(25)40-34(26)28)39-35(38-32)23-11-7-10-22(20-23)24-12-9-19-37-21-24/h3-21H,1-2H3. The van der Waals surface area contributed by atoms with Gasteiger partial charge in [0.05, 0.1) is 11.4 Å². The average molecular weight is 516 g/mol. The van der Waals surface area contributed by atoms with Crippen LogP contribution in [0, 0.1) is 0 Å². The van der Waals surface area contributed by atoms with Gasteiger partial charge in [-0.1, -0.05) is 92.7 Å². The van der Waals surface area contributed by atoms with E-state index < -0.39 is 0 Å². The van der Waals surface area contributed by atoms with E-state index in [1.165, 1.54) is 5.56 Å². The minimum atomic E-state index is -0.272. The van der Waals surface area contributed by atoms with E-state index in [1.807, 2.05) is 24.4 Å². The van der Waals surface area contributed by atoms with Crippen LogP contribution in [0.25, 0.3) is 67.0 Å². The third kappa shape index (κ3) is 3.29. The number of para-hydroxylation sites is 2. The Hall–Kier alpha value is -5.09. The van der Waals surface area contributed by atoms with Crippen molar-refractivity contribution in [1.82, 2.24) is 15.0 Å². The molecule has 7 aromatic rings. The molecule has 1 aliphatic rings. The Kier molecular flexibility index (Phi) is 4.83. The fraction of sp³-hybridized carbons (Fsp3) is 0.0833. The van der Waals surface area contributed by atoms with Gasteiger partial charge in [0.15, 0.2) is 5.82 Å². The fourth-order valence-electron chi connectivity index (χ4n) is 6.25. The predicted octanol–water partition coefficient (Wildman–Crippen LogP) is 9.08. The highest BCUT2D eigenvalue weighted by Crippen LogP contribution is 2.52. The molecule has 0 unspecified atom stereocenters. The Morgan fingerprint density at radius 2 is 1.32 bits per heavy atom. The molecule has 0 bridgehead atoms. The van der Waals surface area contributed by atoms with E-state index in [0.717, 1.165) is 66.7 Å². The molecular weight excluding hydrogens is 490 g/mol. The average Bonchev–Trinajstić information content (AvgIpc) is 3.50. The Morgan fingerprint density at radius 1 is 0.625 bits per heavy atom. The molecule has 0 N–H and O–H groups in total. The number of rotatable bonds is 3. The van der Waals surface area contributed by atoms with E-state index in [-0.39, 0.29) is 5.41 Å². The lowest BCUT2D eigenvalue weighted by Gasteiger charge is -2.23. The summed E-state index contributed by atoms with van der Waals surface area (Å²) in [6.07, 6.45) is 3.68. The summed E-state index contributed by atoms with van der Waals surface area (Å²) < 4.78 is 6.50. The maximum atomic E-state index is 6.50. The van der Waals surface area contributed by atoms with Crippen LogP contribution in [0.5, 0.6) is 0 Å². The number of pyridine rings is 1. The molecule has 0 aliphatic heterocycles. The van der Waals surface area contributed by atoms with Crippen LogP contribution in [0.1, 0.15) is 25.0 Å². The molecule has 4 heteroatoms. The van der Waals surface area contributed by atoms with Gasteiger partial charge in [0.1, 0.15) is 11.2 Å². The number of hydrogen-bond acceptors (Lipinski definition) is 4. The van der Waals surface area contributed by atoms with Gasteiger partial charge in [-0.2, -0.15) is 0 Å². The lowest BCUT2D eigenvalue weighted by molar-refractivity contribution is 0.655. The van der Waals surface area contributed by atoms with Crippen molar-refractivity contribution in [3.05, 3.63) is 127 Å². The van der Waals surface area contributed by atoms with Gasteiger partial charge in [0, 0.05) is 56.4 Å². The number of nitrogens with zero attached hydrogens (tertiary/aromatic N) is 3. The minimum Gasteiger partial charge on any atom is -0.455 e. The van der Waals surface area contributed by atoms with Crippen LogP contribution in [0.4, 0.5) is 0 Å². The molecule has 0 fully saturated rings. The van der Waals surface area contributed by atoms with Gasteiger partial charge in [-0.3, -0.25) is 4.98 Å². The van der Waals surface area contributed by atoms with Crippen molar-refractivity contribution in [3.8, 4) is 45.0 Å². The smallest absolute Gasteiger partial charge is 0.160 e. The van der Waals surface area contributed by atoms with E-state index in [2.05, 4.69) is 104 Å². The molecule has 0 amide bonds. The van der Waals surface area contributed by atoms with E-state index in [1.54, 1.807) is 6.20 Å². The molecule has 0 saturated carbocycles. The summed E-state index contributed by atoms with van der Waals surface area (Å²) in [6, 6.07) is 35.6. The highest BCUT2D eigenvalue weighted by molar-refractivity contribution is 6.10. The lowest BCUT2D eigenvalue weighted by atomic mass is 9.80. The molecular formula is C36H25N3O. The summed E-state index contributed by atoms with van der Waals surface area (Å²) in [5, 5.41) is 2.20. The molecule has 4 aromatic carbocycles. The lowest BCUT2D eigenvalue weighted by Crippen LogP contribution is -2.17. The van der Waals surface area contributed by atoms with Crippen molar-refractivity contribution in [2.45, 2.75) is 19.3 Å². The Bertz CT molecular complexity index is 2090. The van der Waals surface area contributed by atoms with Crippen LogP contribution in [0.2, 0.25) is 0 Å². The van der Waals surface area contributed by atoms with Crippen molar-refractivity contribution >= 4 is 21.9 Å². The SMILES string of the molecule is CC1(C)c2ccccc2-c2nc(-c3cccc(-c4cccnc4)c3)nc(-c3cccc4c3oc3ccccc34)c21. The third-order valence-electron chi connectivity index (χ3n) is 8.16. The van der Waals surface area contributed by atoms with Crippen LogP contribution in [0.15, 0.2) is 120 Å². The van der Waals surface area contributed by atoms with Crippen LogP contribution >= 0.6 is 0 Å². The zero-order valence-corrected chi connectivity index (χ0v) is 22.2. The zero-order chi connectivity index (χ0) is 26.8. The van der Waals surface area contributed by atoms with Crippen LogP contribution < -0.4 is 0 Å². The summed E-state index contributed by atoms with van der Waals surface area (Å²) in [5.74, 6) is 0.695. The maximum Gasteiger partial charge on any atom is 0.160 e. The molecule has 0 radical (unpaired) electrons. The van der Waals surface area contributed by atoms with Gasteiger partial charge >= 0.3 is 0 Å². The monoisotopic (exact) mass is 515 g/mol. The van der Waals surface area contributed by atoms with Crippen molar-refractivity contribution in [1.29, 1.82) is 0 Å². The van der Waals surface area contributed by atoms with E-state index in [4.69, 9.17) is 14.4 Å². The van der Waals surface area contributed by atoms with Gasteiger partial charge in [-0.15, -0.1) is 0 Å². The quantitative estimate of drug-likeness (QED) is 0.235. The highest BCUT2D eigenvalue weighted by Gasteiger charge is 2.40. The van der Waals surface area contributed by atoms with Gasteiger partial charge in [0.2, 0.25) is 0 Å². The maximum absolute atomic E-state index is 6.50. The first kappa shape index (κ1) is 22.9. The molecule has 8 rings (SSSR count). The Morgan fingerprint density at radius 3 is 2.20 bits per heavy atom. The van der Waals surface area contributed by atoms with Crippen molar-refractivity contribution in [2.75, 3.05) is 0 Å². The first-order chi connectivity index (χ1) is 19.6. The molecule has 3 heterocycles. The normalized spacial score (nSPS) is 13.4. The summed E-state index contributed by atoms with van der Waals surface area (Å²) in [6.45, 7) is 4.54. The molecule has 0 saturated heterocycles. The molecule has 190 valence electrons. The molecule has 0 atom stereocenters. The summed E-state index contributed by atoms with van der Waals surface area (Å²) >= 11 is 0. The van der Waals surface area contributed by atoms with E-state index >= 15 is 0 Å². The molecule has 40 heavy (non-hydrogen) atoms. The topological polar surface area (TPSA) is 51.8 Å².